The van der Waals surface area contributed by atoms with Gasteiger partial charge in [0, 0.05) is 12.6 Å². The molecule has 1 unspecified atom stereocenters. The maximum absolute atomic E-state index is 10.2. The molecule has 1 atom stereocenters. The summed E-state index contributed by atoms with van der Waals surface area (Å²) in [7, 11) is 0. The van der Waals surface area contributed by atoms with Crippen molar-refractivity contribution in [2.24, 2.45) is 0 Å². The number of pyridine rings is 1. The summed E-state index contributed by atoms with van der Waals surface area (Å²) in [6.07, 6.45) is 5.21. The fourth-order valence-corrected chi connectivity index (χ4v) is 2.78. The van der Waals surface area contributed by atoms with Gasteiger partial charge in [-0.3, -0.25) is 4.98 Å². The minimum absolute atomic E-state index is 0.572. The molecular formula is C16H16ClNO. The first-order valence-electron chi connectivity index (χ1n) is 6.62. The van der Waals surface area contributed by atoms with Gasteiger partial charge in [0.1, 0.15) is 0 Å². The molecule has 1 aliphatic rings. The molecule has 3 heteroatoms. The molecular weight excluding hydrogens is 258 g/mol. The van der Waals surface area contributed by atoms with Crippen molar-refractivity contribution in [3.63, 3.8) is 0 Å². The molecule has 0 radical (unpaired) electrons. The highest BCUT2D eigenvalue weighted by Crippen LogP contribution is 2.25. The lowest BCUT2D eigenvalue weighted by Gasteiger charge is -2.11. The van der Waals surface area contributed by atoms with Gasteiger partial charge in [-0.05, 0) is 48.1 Å². The number of aliphatic hydroxyl groups is 1. The van der Waals surface area contributed by atoms with Crippen LogP contribution in [0.5, 0.6) is 0 Å². The molecule has 0 spiro atoms. The highest BCUT2D eigenvalue weighted by molar-refractivity contribution is 6.30. The lowest BCUT2D eigenvalue weighted by atomic mass is 10.0. The number of hydrogen-bond donors (Lipinski definition) is 1. The van der Waals surface area contributed by atoms with Gasteiger partial charge in [0.15, 0.2) is 0 Å². The molecule has 2 nitrogen and oxygen atoms in total. The molecule has 2 aromatic rings. The molecule has 0 saturated heterocycles. The van der Waals surface area contributed by atoms with Gasteiger partial charge in [0.05, 0.1) is 16.8 Å². The van der Waals surface area contributed by atoms with Gasteiger partial charge in [-0.25, -0.2) is 0 Å². The van der Waals surface area contributed by atoms with Crippen LogP contribution in [0.2, 0.25) is 5.02 Å². The van der Waals surface area contributed by atoms with Crippen LogP contribution in [0.3, 0.4) is 0 Å². The highest BCUT2D eigenvalue weighted by atomic mass is 35.5. The van der Waals surface area contributed by atoms with E-state index in [0.29, 0.717) is 17.1 Å². The zero-order valence-corrected chi connectivity index (χ0v) is 11.4. The van der Waals surface area contributed by atoms with Gasteiger partial charge in [0.2, 0.25) is 0 Å². The van der Waals surface area contributed by atoms with Crippen LogP contribution in [0.1, 0.15) is 34.9 Å². The predicted octanol–water partition coefficient (Wildman–Crippen LogP) is 3.50. The average Bonchev–Trinajstić information content (AvgIpc) is 2.87. The van der Waals surface area contributed by atoms with E-state index in [1.165, 1.54) is 36.0 Å². The van der Waals surface area contributed by atoms with Crippen LogP contribution in [0.4, 0.5) is 0 Å². The first-order valence-corrected chi connectivity index (χ1v) is 7.00. The second-order valence-corrected chi connectivity index (χ2v) is 5.51. The van der Waals surface area contributed by atoms with E-state index in [1.807, 2.05) is 0 Å². The maximum Gasteiger partial charge on any atom is 0.0999 e. The van der Waals surface area contributed by atoms with Crippen LogP contribution in [0.15, 0.2) is 36.5 Å². The number of nitrogens with zero attached hydrogens (tertiary/aromatic N) is 1. The SMILES string of the molecule is OC(Cc1ccc2c(c1)CCC2)c1ccc(Cl)cn1. The summed E-state index contributed by atoms with van der Waals surface area (Å²) in [5.41, 5.74) is 4.74. The van der Waals surface area contributed by atoms with Crippen molar-refractivity contribution in [2.45, 2.75) is 31.8 Å². The molecule has 1 aromatic heterocycles. The quantitative estimate of drug-likeness (QED) is 0.928. The lowest BCUT2D eigenvalue weighted by molar-refractivity contribution is 0.173. The van der Waals surface area contributed by atoms with E-state index in [0.717, 1.165) is 0 Å². The molecule has 0 fully saturated rings. The van der Waals surface area contributed by atoms with Gasteiger partial charge in [-0.2, -0.15) is 0 Å². The maximum atomic E-state index is 10.2. The predicted molar refractivity (Wildman–Crippen MR) is 76.4 cm³/mol. The van der Waals surface area contributed by atoms with Crippen molar-refractivity contribution in [2.75, 3.05) is 0 Å². The summed E-state index contributed by atoms with van der Waals surface area (Å²) < 4.78 is 0. The second-order valence-electron chi connectivity index (χ2n) is 5.08. The molecule has 19 heavy (non-hydrogen) atoms. The third-order valence-electron chi connectivity index (χ3n) is 3.68. The standard InChI is InChI=1S/C16H16ClNO/c17-14-6-7-15(18-10-14)16(19)9-11-4-5-12-2-1-3-13(12)8-11/h4-8,10,16,19H,1-3,9H2. The molecule has 0 amide bonds. The highest BCUT2D eigenvalue weighted by Gasteiger charge is 2.14. The molecule has 1 N–H and O–H groups in total. The zero-order valence-electron chi connectivity index (χ0n) is 10.6. The normalized spacial score (nSPS) is 15.3. The Morgan fingerprint density at radius 3 is 2.79 bits per heavy atom. The molecule has 1 aliphatic carbocycles. The van der Waals surface area contributed by atoms with Crippen molar-refractivity contribution >= 4 is 11.6 Å². The summed E-state index contributed by atoms with van der Waals surface area (Å²) in [6.45, 7) is 0. The van der Waals surface area contributed by atoms with Crippen LogP contribution in [0.25, 0.3) is 0 Å². The van der Waals surface area contributed by atoms with E-state index >= 15 is 0 Å². The van der Waals surface area contributed by atoms with Crippen LogP contribution >= 0.6 is 11.6 Å². The van der Waals surface area contributed by atoms with Crippen LogP contribution in [-0.2, 0) is 19.3 Å². The smallest absolute Gasteiger partial charge is 0.0999 e. The number of fused-ring (bicyclic) bond motifs is 1. The minimum Gasteiger partial charge on any atom is -0.386 e. The summed E-state index contributed by atoms with van der Waals surface area (Å²) in [4.78, 5) is 4.16. The molecule has 0 bridgehead atoms. The minimum atomic E-state index is -0.572. The Bertz CT molecular complexity index is 580. The van der Waals surface area contributed by atoms with Crippen molar-refractivity contribution in [1.82, 2.24) is 4.98 Å². The Morgan fingerprint density at radius 2 is 2.00 bits per heavy atom. The van der Waals surface area contributed by atoms with Crippen molar-refractivity contribution in [3.05, 3.63) is 63.9 Å². The van der Waals surface area contributed by atoms with Crippen molar-refractivity contribution in [1.29, 1.82) is 0 Å². The van der Waals surface area contributed by atoms with Crippen LogP contribution in [0, 0.1) is 0 Å². The summed E-state index contributed by atoms with van der Waals surface area (Å²) in [5.74, 6) is 0. The number of rotatable bonds is 3. The van der Waals surface area contributed by atoms with E-state index in [2.05, 4.69) is 23.2 Å². The summed E-state index contributed by atoms with van der Waals surface area (Å²) >= 11 is 5.80. The lowest BCUT2D eigenvalue weighted by Crippen LogP contribution is -2.04. The third kappa shape index (κ3) is 2.80. The fraction of sp³-hybridized carbons (Fsp3) is 0.312. The largest absolute Gasteiger partial charge is 0.386 e. The van der Waals surface area contributed by atoms with Gasteiger partial charge < -0.3 is 5.11 Å². The first-order chi connectivity index (χ1) is 9.22. The number of aryl methyl sites for hydroxylation is 2. The molecule has 3 rings (SSSR count). The zero-order chi connectivity index (χ0) is 13.2. The van der Waals surface area contributed by atoms with Gasteiger partial charge in [-0.1, -0.05) is 29.8 Å². The van der Waals surface area contributed by atoms with Gasteiger partial charge in [0.25, 0.3) is 0 Å². The third-order valence-corrected chi connectivity index (χ3v) is 3.91. The van der Waals surface area contributed by atoms with E-state index in [9.17, 15) is 5.11 Å². The number of aromatic nitrogens is 1. The number of hydrogen-bond acceptors (Lipinski definition) is 2. The Morgan fingerprint density at radius 1 is 1.16 bits per heavy atom. The summed E-state index contributed by atoms with van der Waals surface area (Å²) in [5, 5.41) is 10.8. The Hall–Kier alpha value is -1.38. The number of benzene rings is 1. The van der Waals surface area contributed by atoms with E-state index < -0.39 is 6.10 Å². The van der Waals surface area contributed by atoms with E-state index in [4.69, 9.17) is 11.6 Å². The van der Waals surface area contributed by atoms with Crippen LogP contribution in [-0.4, -0.2) is 10.1 Å². The number of aliphatic hydroxyl groups excluding tert-OH is 1. The average molecular weight is 274 g/mol. The molecule has 98 valence electrons. The first kappa shape index (κ1) is 12.6. The fourth-order valence-electron chi connectivity index (χ4n) is 2.66. The monoisotopic (exact) mass is 273 g/mol. The Labute approximate surface area is 118 Å². The summed E-state index contributed by atoms with van der Waals surface area (Å²) in [6, 6.07) is 10.1. The van der Waals surface area contributed by atoms with Crippen molar-refractivity contribution < 1.29 is 5.11 Å². The topological polar surface area (TPSA) is 33.1 Å². The second kappa shape index (κ2) is 5.32. The van der Waals surface area contributed by atoms with Crippen LogP contribution < -0.4 is 0 Å². The Kier molecular flexibility index (Phi) is 3.54. The van der Waals surface area contributed by atoms with Crippen molar-refractivity contribution in [3.8, 4) is 0 Å². The molecule has 0 aliphatic heterocycles. The van der Waals surface area contributed by atoms with E-state index in [-0.39, 0.29) is 0 Å². The number of halogens is 1. The Balaban J connectivity index is 1.75. The van der Waals surface area contributed by atoms with Gasteiger partial charge in [-0.15, -0.1) is 0 Å². The molecule has 1 aromatic carbocycles. The molecule has 0 saturated carbocycles. The molecule has 1 heterocycles. The van der Waals surface area contributed by atoms with E-state index in [1.54, 1.807) is 18.3 Å². The van der Waals surface area contributed by atoms with Gasteiger partial charge >= 0.3 is 0 Å².